The number of rotatable bonds is 25. The molecule has 0 fully saturated rings. The van der Waals surface area contributed by atoms with Crippen LogP contribution in [-0.4, -0.2) is 36.2 Å². The van der Waals surface area contributed by atoms with Gasteiger partial charge in [-0.25, -0.2) is 9.59 Å². The van der Waals surface area contributed by atoms with Crippen LogP contribution >= 0.6 is 0 Å². The van der Waals surface area contributed by atoms with Crippen molar-refractivity contribution in [3.05, 3.63) is 119 Å². The molecule has 55 heavy (non-hydrogen) atoms. The van der Waals surface area contributed by atoms with Crippen LogP contribution in [0.4, 0.5) is 5.69 Å². The number of ether oxygens (including phenoxy) is 4. The molecule has 0 radical (unpaired) electrons. The number of hydrogen-bond acceptors (Lipinski definition) is 8. The van der Waals surface area contributed by atoms with Gasteiger partial charge in [-0.15, -0.1) is 0 Å². The lowest BCUT2D eigenvalue weighted by Crippen LogP contribution is -2.12. The molecule has 4 rings (SSSR count). The summed E-state index contributed by atoms with van der Waals surface area (Å²) in [4.78, 5) is 35.4. The quantitative estimate of drug-likeness (QED) is 0.0164. The van der Waals surface area contributed by atoms with Crippen LogP contribution in [0.15, 0.2) is 104 Å². The van der Waals surface area contributed by atoms with Crippen molar-refractivity contribution in [1.82, 2.24) is 0 Å². The molecule has 0 bridgehead atoms. The summed E-state index contributed by atoms with van der Waals surface area (Å²) in [5.74, 6) is 0.680. The zero-order chi connectivity index (χ0) is 39.3. The predicted molar refractivity (Wildman–Crippen MR) is 218 cm³/mol. The van der Waals surface area contributed by atoms with Crippen LogP contribution < -0.4 is 14.2 Å². The Balaban J connectivity index is 1.17. The van der Waals surface area contributed by atoms with Gasteiger partial charge in [-0.3, -0.25) is 10.1 Å². The first kappa shape index (κ1) is 42.3. The summed E-state index contributed by atoms with van der Waals surface area (Å²) in [5, 5.41) is 11.8. The minimum Gasteiger partial charge on any atom is -0.494 e. The first-order chi connectivity index (χ1) is 26.8. The zero-order valence-electron chi connectivity index (χ0n) is 32.3. The fraction of sp³-hybridized carbons (Fsp3) is 0.391. The number of carbonyl (C=O) groups is 2. The summed E-state index contributed by atoms with van der Waals surface area (Å²) in [6.07, 6.45) is 15.3. The van der Waals surface area contributed by atoms with Crippen molar-refractivity contribution in [2.75, 3.05) is 13.2 Å². The third kappa shape index (κ3) is 14.7. The highest BCUT2D eigenvalue weighted by Gasteiger charge is 2.19. The van der Waals surface area contributed by atoms with Crippen LogP contribution in [-0.2, 0) is 9.53 Å². The molecule has 0 saturated heterocycles. The van der Waals surface area contributed by atoms with Gasteiger partial charge in [0.25, 0.3) is 0 Å². The largest absolute Gasteiger partial charge is 0.494 e. The molecule has 0 aliphatic heterocycles. The van der Waals surface area contributed by atoms with Gasteiger partial charge in [-0.1, -0.05) is 114 Å². The highest BCUT2D eigenvalue weighted by molar-refractivity contribution is 5.91. The van der Waals surface area contributed by atoms with E-state index in [9.17, 15) is 19.7 Å². The molecule has 0 amide bonds. The predicted octanol–water partition coefficient (Wildman–Crippen LogP) is 12.1. The average Bonchev–Trinajstić information content (AvgIpc) is 3.20. The van der Waals surface area contributed by atoms with Gasteiger partial charge in [0.1, 0.15) is 11.5 Å². The van der Waals surface area contributed by atoms with E-state index in [0.717, 1.165) is 73.8 Å². The second-order valence-electron chi connectivity index (χ2n) is 13.8. The number of unbranched alkanes of at least 4 members (excludes halogenated alkanes) is 10. The molecule has 292 valence electrons. The highest BCUT2D eigenvalue weighted by atomic mass is 16.6. The van der Waals surface area contributed by atoms with Crippen LogP contribution in [0.25, 0.3) is 22.3 Å². The van der Waals surface area contributed by atoms with E-state index in [-0.39, 0.29) is 23.5 Å². The third-order valence-electron chi connectivity index (χ3n) is 9.37. The van der Waals surface area contributed by atoms with Gasteiger partial charge in [0.15, 0.2) is 5.75 Å². The lowest BCUT2D eigenvalue weighted by atomic mass is 10.0. The maximum absolute atomic E-state index is 12.9. The number of nitro groups is 1. The molecule has 1 atom stereocenters. The van der Waals surface area contributed by atoms with Gasteiger partial charge in [0.05, 0.1) is 29.8 Å². The van der Waals surface area contributed by atoms with Crippen molar-refractivity contribution >= 4 is 17.6 Å². The molecule has 0 aliphatic rings. The van der Waals surface area contributed by atoms with Crippen LogP contribution in [0.2, 0.25) is 0 Å². The SMILES string of the molecule is C=CC(=O)OCCCCCCCCCCCOc1ccc(-c2ccc(OC(=O)c3ccc(-c4ccc(O[C@H](C)CCCCC)c([N+](=O)[O-])c4)cc3)cc2)cc1. The smallest absolute Gasteiger partial charge is 0.343 e. The first-order valence-corrected chi connectivity index (χ1v) is 19.7. The van der Waals surface area contributed by atoms with Crippen molar-refractivity contribution in [2.45, 2.75) is 103 Å². The summed E-state index contributed by atoms with van der Waals surface area (Å²) in [5.41, 5.74) is 3.69. The number of esters is 2. The monoisotopic (exact) mass is 749 g/mol. The summed E-state index contributed by atoms with van der Waals surface area (Å²) in [6.45, 7) is 8.63. The maximum Gasteiger partial charge on any atom is 0.343 e. The summed E-state index contributed by atoms with van der Waals surface area (Å²) >= 11 is 0. The van der Waals surface area contributed by atoms with Gasteiger partial charge in [0.2, 0.25) is 0 Å². The van der Waals surface area contributed by atoms with Crippen LogP contribution in [0.1, 0.15) is 108 Å². The third-order valence-corrected chi connectivity index (χ3v) is 9.37. The summed E-state index contributed by atoms with van der Waals surface area (Å²) in [6, 6.07) is 27.1. The van der Waals surface area contributed by atoms with Crippen LogP contribution in [0.5, 0.6) is 17.2 Å². The Hall–Kier alpha value is -5.44. The summed E-state index contributed by atoms with van der Waals surface area (Å²) in [7, 11) is 0. The van der Waals surface area contributed by atoms with Gasteiger partial charge in [-0.2, -0.15) is 0 Å². The van der Waals surface area contributed by atoms with E-state index in [2.05, 4.69) is 13.5 Å². The average molecular weight is 750 g/mol. The molecule has 0 unspecified atom stereocenters. The molecule has 9 nitrogen and oxygen atoms in total. The maximum atomic E-state index is 12.9. The van der Waals surface area contributed by atoms with E-state index in [0.29, 0.717) is 30.1 Å². The Bertz CT molecular complexity index is 1780. The fourth-order valence-electron chi connectivity index (χ4n) is 6.18. The van der Waals surface area contributed by atoms with Gasteiger partial charge < -0.3 is 18.9 Å². The number of carbonyl (C=O) groups excluding carboxylic acids is 2. The zero-order valence-corrected chi connectivity index (χ0v) is 32.3. The fourth-order valence-corrected chi connectivity index (χ4v) is 6.18. The normalized spacial score (nSPS) is 11.4. The van der Waals surface area contributed by atoms with Crippen molar-refractivity contribution in [3.8, 4) is 39.5 Å². The molecule has 0 saturated carbocycles. The van der Waals surface area contributed by atoms with Crippen molar-refractivity contribution in [3.63, 3.8) is 0 Å². The van der Waals surface area contributed by atoms with Crippen molar-refractivity contribution < 1.29 is 33.5 Å². The van der Waals surface area contributed by atoms with Crippen LogP contribution in [0, 0.1) is 10.1 Å². The lowest BCUT2D eigenvalue weighted by molar-refractivity contribution is -0.386. The van der Waals surface area contributed by atoms with Gasteiger partial charge in [0, 0.05) is 12.1 Å². The topological polar surface area (TPSA) is 114 Å². The van der Waals surface area contributed by atoms with Crippen LogP contribution in [0.3, 0.4) is 0 Å². The lowest BCUT2D eigenvalue weighted by Gasteiger charge is -2.15. The molecule has 4 aromatic carbocycles. The van der Waals surface area contributed by atoms with E-state index in [1.807, 2.05) is 43.3 Å². The molecular formula is C46H55NO8. The van der Waals surface area contributed by atoms with E-state index >= 15 is 0 Å². The molecular weight excluding hydrogens is 695 g/mol. The van der Waals surface area contributed by atoms with Gasteiger partial charge in [-0.05, 0) is 97.3 Å². The Labute approximate surface area is 325 Å². The number of nitrogens with zero attached hydrogens (tertiary/aromatic N) is 1. The van der Waals surface area contributed by atoms with Gasteiger partial charge >= 0.3 is 17.6 Å². The second-order valence-corrected chi connectivity index (χ2v) is 13.8. The number of nitro benzene ring substituents is 1. The van der Waals surface area contributed by atoms with E-state index in [1.165, 1.54) is 44.2 Å². The van der Waals surface area contributed by atoms with Crippen molar-refractivity contribution in [1.29, 1.82) is 0 Å². The van der Waals surface area contributed by atoms with Crippen molar-refractivity contribution in [2.24, 2.45) is 0 Å². The summed E-state index contributed by atoms with van der Waals surface area (Å²) < 4.78 is 22.5. The Morgan fingerprint density at radius 2 is 1.22 bits per heavy atom. The number of benzene rings is 4. The highest BCUT2D eigenvalue weighted by Crippen LogP contribution is 2.34. The molecule has 9 heteroatoms. The molecule has 0 spiro atoms. The molecule has 0 aromatic heterocycles. The Morgan fingerprint density at radius 3 is 1.80 bits per heavy atom. The van der Waals surface area contributed by atoms with E-state index < -0.39 is 10.9 Å². The molecule has 0 N–H and O–H groups in total. The second kappa shape index (κ2) is 23.4. The number of hydrogen-bond donors (Lipinski definition) is 0. The minimum atomic E-state index is -0.495. The Kier molecular flexibility index (Phi) is 18.0. The molecule has 0 aliphatic carbocycles. The van der Waals surface area contributed by atoms with E-state index in [4.69, 9.17) is 18.9 Å². The first-order valence-electron chi connectivity index (χ1n) is 19.7. The Morgan fingerprint density at radius 1 is 0.691 bits per heavy atom. The standard InChI is InChI=1S/C46H55NO8/c1-4-6-14-17-35(3)54-44-31-26-40(34-43(44)47(50)51)38-18-20-39(21-19-38)46(49)55-42-29-24-37(25-30-42)36-22-27-41(28-23-36)52-32-15-12-10-8-7-9-11-13-16-33-53-45(48)5-2/h5,18-31,34-35H,2,4,6-17,32-33H2,1,3H3/t35-/m1/s1. The molecule has 4 aromatic rings. The minimum absolute atomic E-state index is 0.0865. The molecule has 0 heterocycles. The van der Waals surface area contributed by atoms with E-state index in [1.54, 1.807) is 48.5 Å².